The Morgan fingerprint density at radius 3 is 2.58 bits per heavy atom. The first-order valence-corrected chi connectivity index (χ1v) is 8.22. The van der Waals surface area contributed by atoms with E-state index in [1.165, 1.54) is 7.05 Å². The van der Waals surface area contributed by atoms with E-state index in [4.69, 9.17) is 5.11 Å². The summed E-state index contributed by atoms with van der Waals surface area (Å²) < 4.78 is 3.59. The number of nitrogens with one attached hydrogen (secondary N) is 1. The lowest BCUT2D eigenvalue weighted by Gasteiger charge is -2.28. The molecule has 138 valence electrons. The number of carbonyl (C=O) groups is 1. The molecule has 2 aromatic heterocycles. The highest BCUT2D eigenvalue weighted by molar-refractivity contribution is 5.77. The Morgan fingerprint density at radius 1 is 1.27 bits per heavy atom. The quantitative estimate of drug-likeness (QED) is 0.632. The fraction of sp³-hybridized carbons (Fsp3) is 0.500. The molecular weight excluding hydrogens is 340 g/mol. The van der Waals surface area contributed by atoms with Crippen molar-refractivity contribution in [3.05, 3.63) is 20.8 Å². The first-order valence-electron chi connectivity index (χ1n) is 8.22. The van der Waals surface area contributed by atoms with E-state index in [0.29, 0.717) is 19.0 Å². The van der Waals surface area contributed by atoms with Gasteiger partial charge in [-0.05, 0) is 6.92 Å². The van der Waals surface area contributed by atoms with Crippen molar-refractivity contribution in [1.82, 2.24) is 24.0 Å². The molecule has 0 unspecified atom stereocenters. The van der Waals surface area contributed by atoms with Crippen LogP contribution in [0.3, 0.4) is 0 Å². The smallest absolute Gasteiger partial charge is 0.333 e. The van der Waals surface area contributed by atoms with Gasteiger partial charge in [0.05, 0.1) is 6.54 Å². The zero-order valence-electron chi connectivity index (χ0n) is 14.7. The number of hydrogen-bond acceptors (Lipinski definition) is 6. The van der Waals surface area contributed by atoms with Crippen molar-refractivity contribution >= 4 is 23.1 Å². The van der Waals surface area contributed by atoms with Crippen molar-refractivity contribution in [1.29, 1.82) is 0 Å². The molecule has 0 aromatic carbocycles. The molecule has 1 saturated heterocycles. The van der Waals surface area contributed by atoms with Crippen LogP contribution in [0.2, 0.25) is 0 Å². The number of aliphatic carboxylic acids is 1. The molecule has 26 heavy (non-hydrogen) atoms. The Kier molecular flexibility index (Phi) is 4.81. The van der Waals surface area contributed by atoms with Crippen LogP contribution < -0.4 is 21.5 Å². The minimum Gasteiger partial charge on any atom is -0.480 e. The average Bonchev–Trinajstić information content (AvgIpc) is 3.01. The van der Waals surface area contributed by atoms with Crippen LogP contribution >= 0.6 is 0 Å². The lowest BCUT2D eigenvalue weighted by molar-refractivity contribution is -0.137. The average molecular weight is 360 g/mol. The molecule has 0 spiro atoms. The molecule has 10 heteroatoms. The fourth-order valence-electron chi connectivity index (χ4n) is 3.04. The maximum Gasteiger partial charge on any atom is 0.333 e. The van der Waals surface area contributed by atoms with Crippen LogP contribution in [0.1, 0.15) is 6.92 Å². The number of fused-ring (bicyclic) bond motifs is 1. The van der Waals surface area contributed by atoms with Gasteiger partial charge in [0.2, 0.25) is 5.95 Å². The van der Waals surface area contributed by atoms with E-state index >= 15 is 0 Å². The summed E-state index contributed by atoms with van der Waals surface area (Å²) in [5.41, 5.74) is -0.960. The van der Waals surface area contributed by atoms with Crippen LogP contribution in [0.15, 0.2) is 9.59 Å². The van der Waals surface area contributed by atoms with Gasteiger partial charge in [-0.3, -0.25) is 23.3 Å². The second-order valence-corrected chi connectivity index (χ2v) is 5.96. The van der Waals surface area contributed by atoms with Crippen molar-refractivity contribution in [3.8, 4) is 11.8 Å². The number of anilines is 1. The van der Waals surface area contributed by atoms with E-state index in [9.17, 15) is 14.4 Å². The summed E-state index contributed by atoms with van der Waals surface area (Å²) in [4.78, 5) is 42.8. The van der Waals surface area contributed by atoms with Crippen molar-refractivity contribution in [2.45, 2.75) is 20.0 Å². The highest BCUT2D eigenvalue weighted by atomic mass is 16.4. The highest BCUT2D eigenvalue weighted by Gasteiger charge is 2.24. The van der Waals surface area contributed by atoms with E-state index in [1.54, 1.807) is 11.5 Å². The molecule has 0 aliphatic carbocycles. The van der Waals surface area contributed by atoms with Crippen LogP contribution in [0.4, 0.5) is 5.95 Å². The maximum atomic E-state index is 12.7. The number of piperazine rings is 1. The second kappa shape index (κ2) is 7.05. The van der Waals surface area contributed by atoms with E-state index in [-0.39, 0.29) is 17.7 Å². The predicted octanol–water partition coefficient (Wildman–Crippen LogP) is -1.59. The van der Waals surface area contributed by atoms with E-state index in [1.807, 2.05) is 4.90 Å². The molecule has 3 heterocycles. The molecule has 2 N–H and O–H groups in total. The first-order chi connectivity index (χ1) is 12.5. The molecule has 10 nitrogen and oxygen atoms in total. The summed E-state index contributed by atoms with van der Waals surface area (Å²) in [5, 5.41) is 12.4. The van der Waals surface area contributed by atoms with Crippen molar-refractivity contribution in [3.63, 3.8) is 0 Å². The summed E-state index contributed by atoms with van der Waals surface area (Å²) >= 11 is 0. The summed E-state index contributed by atoms with van der Waals surface area (Å²) in [7, 11) is 1.33. The van der Waals surface area contributed by atoms with Gasteiger partial charge >= 0.3 is 11.7 Å². The third kappa shape index (κ3) is 2.97. The summed E-state index contributed by atoms with van der Waals surface area (Å²) in [6.45, 7) is 4.26. The van der Waals surface area contributed by atoms with Crippen LogP contribution in [-0.4, -0.2) is 55.9 Å². The minimum atomic E-state index is -1.18. The van der Waals surface area contributed by atoms with E-state index in [0.717, 1.165) is 22.2 Å². The Balaban J connectivity index is 2.34. The maximum absolute atomic E-state index is 12.7. The monoisotopic (exact) mass is 360 g/mol. The lowest BCUT2D eigenvalue weighted by atomic mass is 10.4. The fourth-order valence-corrected chi connectivity index (χ4v) is 3.04. The zero-order valence-corrected chi connectivity index (χ0v) is 14.7. The van der Waals surface area contributed by atoms with E-state index < -0.39 is 23.8 Å². The molecule has 0 radical (unpaired) electrons. The lowest BCUT2D eigenvalue weighted by Crippen LogP contribution is -2.44. The molecule has 3 rings (SSSR count). The molecule has 0 atom stereocenters. The molecule has 0 saturated carbocycles. The van der Waals surface area contributed by atoms with Crippen LogP contribution in [0, 0.1) is 11.8 Å². The number of nitrogens with zero attached hydrogens (tertiary/aromatic N) is 5. The number of hydrogen-bond donors (Lipinski definition) is 2. The highest BCUT2D eigenvalue weighted by Crippen LogP contribution is 2.20. The molecule has 1 aliphatic heterocycles. The van der Waals surface area contributed by atoms with Crippen molar-refractivity contribution in [2.24, 2.45) is 7.05 Å². The molecule has 1 fully saturated rings. The summed E-state index contributed by atoms with van der Waals surface area (Å²) in [6.07, 6.45) is 0. The molecular formula is C16H20N6O4. The van der Waals surface area contributed by atoms with Crippen LogP contribution in [-0.2, 0) is 24.9 Å². The normalized spacial score (nSPS) is 14.3. The van der Waals surface area contributed by atoms with Gasteiger partial charge in [-0.2, -0.15) is 4.98 Å². The number of aromatic nitrogens is 4. The van der Waals surface area contributed by atoms with Crippen molar-refractivity contribution < 1.29 is 9.90 Å². The number of imidazole rings is 1. The number of carboxylic acids is 1. The van der Waals surface area contributed by atoms with Crippen molar-refractivity contribution in [2.75, 3.05) is 31.1 Å². The van der Waals surface area contributed by atoms with Gasteiger partial charge < -0.3 is 15.3 Å². The zero-order chi connectivity index (χ0) is 18.8. The van der Waals surface area contributed by atoms with Gasteiger partial charge in [-0.15, -0.1) is 5.92 Å². The largest absolute Gasteiger partial charge is 0.480 e. The summed E-state index contributed by atoms with van der Waals surface area (Å²) in [6, 6.07) is 0. The molecule has 2 aromatic rings. The minimum absolute atomic E-state index is 0.0759. The molecule has 1 aliphatic rings. The van der Waals surface area contributed by atoms with Gasteiger partial charge in [0, 0.05) is 33.2 Å². The number of rotatable bonds is 4. The third-order valence-corrected chi connectivity index (χ3v) is 4.32. The Labute approximate surface area is 148 Å². The standard InChI is InChI=1S/C16H20N6O4/c1-3-4-7-21-12-13(18-15(21)20-8-5-17-6-9-20)22(10-11(23)24)16(26)19(2)14(12)25/h17H,5-10H2,1-2H3,(H,23,24). The molecule has 0 bridgehead atoms. The van der Waals surface area contributed by atoms with Gasteiger partial charge in [-0.25, -0.2) is 4.79 Å². The van der Waals surface area contributed by atoms with Gasteiger partial charge in [0.1, 0.15) is 6.54 Å². The van der Waals surface area contributed by atoms with E-state index in [2.05, 4.69) is 22.1 Å². The van der Waals surface area contributed by atoms with Gasteiger partial charge in [0.25, 0.3) is 5.56 Å². The summed E-state index contributed by atoms with van der Waals surface area (Å²) in [5.74, 6) is 5.05. The Bertz CT molecular complexity index is 1030. The third-order valence-electron chi connectivity index (χ3n) is 4.32. The van der Waals surface area contributed by atoms with Crippen LogP contribution in [0.5, 0.6) is 0 Å². The Morgan fingerprint density at radius 2 is 1.96 bits per heavy atom. The van der Waals surface area contributed by atoms with Gasteiger partial charge in [-0.1, -0.05) is 5.92 Å². The van der Waals surface area contributed by atoms with Gasteiger partial charge in [0.15, 0.2) is 11.2 Å². The van der Waals surface area contributed by atoms with Crippen LogP contribution in [0.25, 0.3) is 11.2 Å². The first kappa shape index (κ1) is 17.8. The number of carboxylic acid groups (broad SMARTS) is 1. The second-order valence-electron chi connectivity index (χ2n) is 5.96. The Hall–Kier alpha value is -3.06. The SMILES string of the molecule is CC#CCn1c(N2CCNCC2)nc2c1c(=O)n(C)c(=O)n2CC(=O)O. The molecule has 0 amide bonds. The topological polar surface area (TPSA) is 114 Å². The predicted molar refractivity (Wildman–Crippen MR) is 95.4 cm³/mol.